The molecule has 0 aliphatic carbocycles. The van der Waals surface area contributed by atoms with Crippen LogP contribution in [0.15, 0.2) is 36.5 Å². The quantitative estimate of drug-likeness (QED) is 0.946. The summed E-state index contributed by atoms with van der Waals surface area (Å²) in [4.78, 5) is 11.4. The number of rotatable bonds is 3. The maximum atomic E-state index is 6.26. The Morgan fingerprint density at radius 2 is 2.10 bits per heavy atom. The van der Waals surface area contributed by atoms with E-state index in [1.54, 1.807) is 6.20 Å². The van der Waals surface area contributed by atoms with Gasteiger partial charge >= 0.3 is 0 Å². The van der Waals surface area contributed by atoms with Crippen LogP contribution in [0.4, 0.5) is 5.95 Å². The van der Waals surface area contributed by atoms with Gasteiger partial charge < -0.3 is 10.6 Å². The molecule has 2 heterocycles. The van der Waals surface area contributed by atoms with Crippen LogP contribution in [0.5, 0.6) is 0 Å². The second-order valence-corrected chi connectivity index (χ2v) is 5.71. The molecule has 21 heavy (non-hydrogen) atoms. The van der Waals surface area contributed by atoms with Crippen LogP contribution in [-0.4, -0.2) is 29.1 Å². The highest BCUT2D eigenvalue weighted by molar-refractivity contribution is 6.33. The summed E-state index contributed by atoms with van der Waals surface area (Å²) in [5, 5.41) is 0.705. The minimum atomic E-state index is 0.334. The first-order chi connectivity index (χ1) is 10.3. The molecule has 2 N–H and O–H groups in total. The van der Waals surface area contributed by atoms with E-state index in [9.17, 15) is 0 Å². The Morgan fingerprint density at radius 3 is 2.90 bits per heavy atom. The lowest BCUT2D eigenvalue weighted by atomic mass is 10.0. The zero-order valence-electron chi connectivity index (χ0n) is 11.9. The van der Waals surface area contributed by atoms with E-state index in [1.165, 1.54) is 6.42 Å². The number of hydrogen-bond donors (Lipinski definition) is 1. The predicted octanol–water partition coefficient (Wildman–Crippen LogP) is 3.11. The Kier molecular flexibility index (Phi) is 4.36. The van der Waals surface area contributed by atoms with E-state index in [2.05, 4.69) is 9.88 Å². The van der Waals surface area contributed by atoms with Crippen molar-refractivity contribution in [3.05, 3.63) is 41.6 Å². The zero-order valence-corrected chi connectivity index (χ0v) is 12.6. The molecule has 1 atom stereocenters. The summed E-state index contributed by atoms with van der Waals surface area (Å²) in [5.41, 5.74) is 7.67. The average Bonchev–Trinajstić information content (AvgIpc) is 2.55. The van der Waals surface area contributed by atoms with Crippen molar-refractivity contribution in [1.82, 2.24) is 9.97 Å². The molecule has 1 fully saturated rings. The van der Waals surface area contributed by atoms with Gasteiger partial charge in [-0.3, -0.25) is 0 Å². The minimum absolute atomic E-state index is 0.334. The first-order valence-electron chi connectivity index (χ1n) is 7.34. The third kappa shape index (κ3) is 3.01. The molecule has 1 unspecified atom stereocenters. The maximum Gasteiger partial charge on any atom is 0.226 e. The number of nitrogens with two attached hydrogens (primary N) is 1. The van der Waals surface area contributed by atoms with Crippen LogP contribution in [0, 0.1) is 0 Å². The number of halogens is 1. The largest absolute Gasteiger partial charge is 0.337 e. The van der Waals surface area contributed by atoms with Gasteiger partial charge in [0.15, 0.2) is 0 Å². The lowest BCUT2D eigenvalue weighted by molar-refractivity contribution is 0.458. The predicted molar refractivity (Wildman–Crippen MR) is 86.5 cm³/mol. The smallest absolute Gasteiger partial charge is 0.226 e. The molecule has 1 aromatic carbocycles. The molecule has 1 aliphatic rings. The van der Waals surface area contributed by atoms with Gasteiger partial charge in [0.2, 0.25) is 5.95 Å². The molecule has 0 saturated carbocycles. The first kappa shape index (κ1) is 14.3. The molecule has 1 aliphatic heterocycles. The SMILES string of the molecule is NCC1CCCCN1c1nccc(-c2ccccc2Cl)n1. The van der Waals surface area contributed by atoms with E-state index in [0.29, 0.717) is 17.6 Å². The highest BCUT2D eigenvalue weighted by Crippen LogP contribution is 2.28. The number of aromatic nitrogens is 2. The van der Waals surface area contributed by atoms with E-state index in [4.69, 9.17) is 22.3 Å². The third-order valence-corrected chi connectivity index (χ3v) is 4.28. The zero-order chi connectivity index (χ0) is 14.7. The molecule has 0 bridgehead atoms. The fraction of sp³-hybridized carbons (Fsp3) is 0.375. The molecule has 0 spiro atoms. The Bertz CT molecular complexity index is 617. The normalized spacial score (nSPS) is 18.8. The highest BCUT2D eigenvalue weighted by Gasteiger charge is 2.23. The minimum Gasteiger partial charge on any atom is -0.337 e. The molecule has 110 valence electrons. The molecule has 1 saturated heterocycles. The fourth-order valence-electron chi connectivity index (χ4n) is 2.81. The molecule has 4 nitrogen and oxygen atoms in total. The van der Waals surface area contributed by atoms with Gasteiger partial charge in [-0.25, -0.2) is 9.97 Å². The van der Waals surface area contributed by atoms with Crippen LogP contribution in [0.1, 0.15) is 19.3 Å². The topological polar surface area (TPSA) is 55.0 Å². The van der Waals surface area contributed by atoms with Crippen molar-refractivity contribution in [2.45, 2.75) is 25.3 Å². The van der Waals surface area contributed by atoms with Crippen molar-refractivity contribution in [2.24, 2.45) is 5.73 Å². The highest BCUT2D eigenvalue weighted by atomic mass is 35.5. The van der Waals surface area contributed by atoms with Crippen LogP contribution in [0.25, 0.3) is 11.3 Å². The van der Waals surface area contributed by atoms with Gasteiger partial charge in [0.25, 0.3) is 0 Å². The summed E-state index contributed by atoms with van der Waals surface area (Å²) in [6.45, 7) is 1.60. The monoisotopic (exact) mass is 302 g/mol. The first-order valence-corrected chi connectivity index (χ1v) is 7.72. The Hall–Kier alpha value is -1.65. The lowest BCUT2D eigenvalue weighted by Crippen LogP contribution is -2.45. The van der Waals surface area contributed by atoms with Crippen LogP contribution >= 0.6 is 11.6 Å². The fourth-order valence-corrected chi connectivity index (χ4v) is 3.05. The van der Waals surface area contributed by atoms with Crippen molar-refractivity contribution in [2.75, 3.05) is 18.0 Å². The summed E-state index contributed by atoms with van der Waals surface area (Å²) in [7, 11) is 0. The number of anilines is 1. The van der Waals surface area contributed by atoms with Crippen molar-refractivity contribution in [1.29, 1.82) is 0 Å². The molecule has 3 rings (SSSR count). The van der Waals surface area contributed by atoms with E-state index < -0.39 is 0 Å². The second-order valence-electron chi connectivity index (χ2n) is 5.30. The summed E-state index contributed by atoms with van der Waals surface area (Å²) >= 11 is 6.26. The Morgan fingerprint density at radius 1 is 1.24 bits per heavy atom. The molecular weight excluding hydrogens is 284 g/mol. The third-order valence-electron chi connectivity index (χ3n) is 3.95. The van der Waals surface area contributed by atoms with Crippen molar-refractivity contribution in [3.63, 3.8) is 0 Å². The number of nitrogens with zero attached hydrogens (tertiary/aromatic N) is 3. The van der Waals surface area contributed by atoms with Crippen LogP contribution < -0.4 is 10.6 Å². The lowest BCUT2D eigenvalue weighted by Gasteiger charge is -2.35. The van der Waals surface area contributed by atoms with E-state index in [-0.39, 0.29) is 0 Å². The molecule has 2 aromatic rings. The Balaban J connectivity index is 1.95. The number of benzene rings is 1. The van der Waals surface area contributed by atoms with Gasteiger partial charge in [0.1, 0.15) is 0 Å². The average molecular weight is 303 g/mol. The maximum absolute atomic E-state index is 6.26. The van der Waals surface area contributed by atoms with Crippen LogP contribution in [0.3, 0.4) is 0 Å². The van der Waals surface area contributed by atoms with E-state index in [1.807, 2.05) is 30.3 Å². The van der Waals surface area contributed by atoms with Gasteiger partial charge in [-0.15, -0.1) is 0 Å². The molecule has 0 radical (unpaired) electrons. The summed E-state index contributed by atoms with van der Waals surface area (Å²) in [6.07, 6.45) is 5.29. The van der Waals surface area contributed by atoms with Gasteiger partial charge in [-0.2, -0.15) is 0 Å². The Labute approximate surface area is 130 Å². The van der Waals surface area contributed by atoms with E-state index in [0.717, 1.165) is 36.6 Å². The van der Waals surface area contributed by atoms with Crippen LogP contribution in [0.2, 0.25) is 5.02 Å². The van der Waals surface area contributed by atoms with Gasteiger partial charge in [0, 0.05) is 35.9 Å². The summed E-state index contributed by atoms with van der Waals surface area (Å²) < 4.78 is 0. The van der Waals surface area contributed by atoms with Gasteiger partial charge in [0.05, 0.1) is 5.69 Å². The molecule has 5 heteroatoms. The number of hydrogen-bond acceptors (Lipinski definition) is 4. The van der Waals surface area contributed by atoms with E-state index >= 15 is 0 Å². The molecule has 1 aromatic heterocycles. The van der Waals surface area contributed by atoms with Gasteiger partial charge in [-0.05, 0) is 31.4 Å². The van der Waals surface area contributed by atoms with Crippen molar-refractivity contribution < 1.29 is 0 Å². The standard InChI is InChI=1S/C16H19ClN4/c17-14-7-2-1-6-13(14)15-8-9-19-16(20-15)21-10-4-3-5-12(21)11-18/h1-2,6-9,12H,3-5,10-11,18H2. The summed E-state index contributed by atoms with van der Waals surface area (Å²) in [5.74, 6) is 0.752. The molecular formula is C16H19ClN4. The van der Waals surface area contributed by atoms with Crippen molar-refractivity contribution >= 4 is 17.5 Å². The van der Waals surface area contributed by atoms with Gasteiger partial charge in [-0.1, -0.05) is 29.8 Å². The van der Waals surface area contributed by atoms with Crippen LogP contribution in [-0.2, 0) is 0 Å². The molecule has 0 amide bonds. The summed E-state index contributed by atoms with van der Waals surface area (Å²) in [6, 6.07) is 9.97. The van der Waals surface area contributed by atoms with Crippen molar-refractivity contribution in [3.8, 4) is 11.3 Å². The number of piperidine rings is 1. The second kappa shape index (κ2) is 6.41.